The summed E-state index contributed by atoms with van der Waals surface area (Å²) in [6.07, 6.45) is -0.500. The molecule has 22 heavy (non-hydrogen) atoms. The summed E-state index contributed by atoms with van der Waals surface area (Å²) in [5, 5.41) is 20.5. The first-order valence-corrected chi connectivity index (χ1v) is 8.50. The van der Waals surface area contributed by atoms with Gasteiger partial charge in [-0.1, -0.05) is 20.8 Å². The van der Waals surface area contributed by atoms with E-state index in [1.807, 2.05) is 20.8 Å². The van der Waals surface area contributed by atoms with Crippen LogP contribution < -0.4 is 0 Å². The highest BCUT2D eigenvalue weighted by atomic mass is 31.2. The molecule has 0 aliphatic heterocycles. The molecule has 0 fully saturated rings. The number of hydrogen-bond acceptors (Lipinski definition) is 5. The Morgan fingerprint density at radius 3 is 2.27 bits per heavy atom. The topological polar surface area (TPSA) is 110 Å². The van der Waals surface area contributed by atoms with Crippen LogP contribution in [0.25, 0.3) is 0 Å². The number of nitro benzene ring substituents is 1. The van der Waals surface area contributed by atoms with Gasteiger partial charge in [0, 0.05) is 17.7 Å². The molecule has 0 aliphatic rings. The largest absolute Gasteiger partial charge is 0.508 e. The molecule has 0 bridgehead atoms. The fraction of sp³-hybridized carbons (Fsp3) is 0.571. The number of aromatic hydroxyl groups is 1. The molecular formula is C14H22NO6P. The minimum Gasteiger partial charge on any atom is -0.508 e. The highest BCUT2D eigenvalue weighted by Crippen LogP contribution is 2.54. The van der Waals surface area contributed by atoms with E-state index in [-0.39, 0.29) is 17.0 Å². The lowest BCUT2D eigenvalue weighted by Gasteiger charge is -2.39. The summed E-state index contributed by atoms with van der Waals surface area (Å²) in [5.74, 6) is -0.281. The Morgan fingerprint density at radius 2 is 1.82 bits per heavy atom. The molecule has 8 heteroatoms. The first-order valence-electron chi connectivity index (χ1n) is 6.74. The van der Waals surface area contributed by atoms with Gasteiger partial charge in [-0.3, -0.25) is 14.7 Å². The fourth-order valence-corrected chi connectivity index (χ4v) is 3.29. The first-order chi connectivity index (χ1) is 9.75. The minimum absolute atomic E-state index is 0.00439. The van der Waals surface area contributed by atoms with E-state index in [0.717, 1.165) is 18.2 Å². The summed E-state index contributed by atoms with van der Waals surface area (Å²) >= 11 is 0. The van der Waals surface area contributed by atoms with Gasteiger partial charge in [-0.25, -0.2) is 0 Å². The molecule has 1 atom stereocenters. The molecule has 1 unspecified atom stereocenters. The zero-order valence-corrected chi connectivity index (χ0v) is 14.3. The maximum absolute atomic E-state index is 12.3. The highest BCUT2D eigenvalue weighted by molar-refractivity contribution is 7.52. The van der Waals surface area contributed by atoms with Crippen molar-refractivity contribution in [1.82, 2.24) is 0 Å². The number of hydrogen-bond donors (Lipinski definition) is 2. The maximum atomic E-state index is 12.3. The van der Waals surface area contributed by atoms with Gasteiger partial charge in [0.25, 0.3) is 5.69 Å². The van der Waals surface area contributed by atoms with Gasteiger partial charge >= 0.3 is 7.60 Å². The van der Waals surface area contributed by atoms with E-state index in [1.54, 1.807) is 13.8 Å². The van der Waals surface area contributed by atoms with Crippen LogP contribution in [0.1, 0.15) is 40.2 Å². The van der Waals surface area contributed by atoms with E-state index in [0.29, 0.717) is 0 Å². The lowest BCUT2D eigenvalue weighted by molar-refractivity contribution is -0.384. The van der Waals surface area contributed by atoms with Crippen LogP contribution in [-0.2, 0) is 15.3 Å². The normalized spacial score (nSPS) is 15.4. The van der Waals surface area contributed by atoms with Crippen molar-refractivity contribution in [2.45, 2.75) is 46.4 Å². The fourth-order valence-electron chi connectivity index (χ4n) is 1.55. The number of phenolic OH excluding ortho intramolecular Hbond substituents is 1. The van der Waals surface area contributed by atoms with Crippen molar-refractivity contribution < 1.29 is 24.0 Å². The van der Waals surface area contributed by atoms with Crippen LogP contribution in [-0.4, -0.2) is 20.5 Å². The highest BCUT2D eigenvalue weighted by Gasteiger charge is 2.40. The molecule has 0 spiro atoms. The predicted molar refractivity (Wildman–Crippen MR) is 82.9 cm³/mol. The Hall–Kier alpha value is -1.43. The summed E-state index contributed by atoms with van der Waals surface area (Å²) in [6.45, 7) is 9.01. The van der Waals surface area contributed by atoms with Crippen LogP contribution in [0.4, 0.5) is 5.69 Å². The molecular weight excluding hydrogens is 309 g/mol. The molecule has 1 rings (SSSR count). The van der Waals surface area contributed by atoms with Gasteiger partial charge in [-0.15, -0.1) is 0 Å². The molecule has 0 amide bonds. The molecule has 2 N–H and O–H groups in total. The average Bonchev–Trinajstić information content (AvgIpc) is 2.28. The molecule has 1 aromatic carbocycles. The third-order valence-electron chi connectivity index (χ3n) is 3.82. The van der Waals surface area contributed by atoms with Crippen molar-refractivity contribution in [3.8, 4) is 5.75 Å². The molecule has 0 aliphatic carbocycles. The SMILES string of the molecule is CC(C)(C)C(C)(C)OP(=O)(O)Cc1cc([N+](=O)[O-])ccc1O. The first kappa shape index (κ1) is 18.6. The molecule has 7 nitrogen and oxygen atoms in total. The quantitative estimate of drug-likeness (QED) is 0.482. The third-order valence-corrected chi connectivity index (χ3v) is 5.30. The number of nitrogens with zero attached hydrogens (tertiary/aromatic N) is 1. The Morgan fingerprint density at radius 1 is 1.27 bits per heavy atom. The van der Waals surface area contributed by atoms with Gasteiger partial charge in [-0.05, 0) is 25.3 Å². The number of non-ortho nitro benzene ring substituents is 1. The van der Waals surface area contributed by atoms with Crippen LogP contribution in [0.15, 0.2) is 18.2 Å². The van der Waals surface area contributed by atoms with Crippen LogP contribution in [0, 0.1) is 15.5 Å². The summed E-state index contributed by atoms with van der Waals surface area (Å²) < 4.78 is 17.7. The molecule has 0 radical (unpaired) electrons. The second kappa shape index (κ2) is 5.99. The second-order valence-corrected chi connectivity index (χ2v) is 8.49. The van der Waals surface area contributed by atoms with Crippen molar-refractivity contribution >= 4 is 13.3 Å². The van der Waals surface area contributed by atoms with E-state index in [2.05, 4.69) is 0 Å². The third kappa shape index (κ3) is 4.53. The number of nitro groups is 1. The molecule has 1 aromatic rings. The maximum Gasteiger partial charge on any atom is 0.333 e. The summed E-state index contributed by atoms with van der Waals surface area (Å²) in [7, 11) is -4.09. The number of rotatable bonds is 5. The molecule has 0 heterocycles. The summed E-state index contributed by atoms with van der Waals surface area (Å²) in [4.78, 5) is 20.2. The van der Waals surface area contributed by atoms with Gasteiger partial charge in [0.05, 0.1) is 16.7 Å². The standard InChI is InChI=1S/C14H22NO6P/c1-13(2,3)14(4,5)21-22(19,20)9-10-8-11(15(17)18)6-7-12(10)16/h6-8,16H,9H2,1-5H3,(H,19,20). The lowest BCUT2D eigenvalue weighted by atomic mass is 9.79. The van der Waals surface area contributed by atoms with Crippen LogP contribution in [0.2, 0.25) is 0 Å². The lowest BCUT2D eigenvalue weighted by Crippen LogP contribution is -2.38. The summed E-state index contributed by atoms with van der Waals surface area (Å²) in [6, 6.07) is 3.33. The van der Waals surface area contributed by atoms with E-state index < -0.39 is 29.7 Å². The van der Waals surface area contributed by atoms with Gasteiger partial charge in [0.2, 0.25) is 0 Å². The molecule has 0 saturated carbocycles. The monoisotopic (exact) mass is 331 g/mol. The molecule has 124 valence electrons. The van der Waals surface area contributed by atoms with Crippen molar-refractivity contribution in [2.75, 3.05) is 0 Å². The van der Waals surface area contributed by atoms with E-state index in [9.17, 15) is 24.7 Å². The van der Waals surface area contributed by atoms with Gasteiger partial charge in [0.1, 0.15) is 5.75 Å². The second-order valence-electron chi connectivity index (χ2n) is 6.72. The predicted octanol–water partition coefficient (Wildman–Crippen LogP) is 3.83. The van der Waals surface area contributed by atoms with Crippen molar-refractivity contribution in [3.05, 3.63) is 33.9 Å². The van der Waals surface area contributed by atoms with Crippen molar-refractivity contribution in [3.63, 3.8) is 0 Å². The number of phenols is 1. The zero-order valence-electron chi connectivity index (χ0n) is 13.4. The van der Waals surface area contributed by atoms with Crippen molar-refractivity contribution in [1.29, 1.82) is 0 Å². The van der Waals surface area contributed by atoms with E-state index in [1.165, 1.54) is 0 Å². The summed E-state index contributed by atoms with van der Waals surface area (Å²) in [5.41, 5.74) is -1.54. The Labute approximate surface area is 129 Å². The average molecular weight is 331 g/mol. The zero-order chi connectivity index (χ0) is 17.3. The van der Waals surface area contributed by atoms with Crippen LogP contribution >= 0.6 is 7.60 Å². The Balaban J connectivity index is 3.05. The number of benzene rings is 1. The van der Waals surface area contributed by atoms with Gasteiger partial charge in [0.15, 0.2) is 0 Å². The molecule has 0 saturated heterocycles. The van der Waals surface area contributed by atoms with Crippen LogP contribution in [0.3, 0.4) is 0 Å². The van der Waals surface area contributed by atoms with Crippen LogP contribution in [0.5, 0.6) is 5.75 Å². The Bertz CT molecular complexity index is 620. The van der Waals surface area contributed by atoms with Gasteiger partial charge in [-0.2, -0.15) is 0 Å². The van der Waals surface area contributed by atoms with Gasteiger partial charge < -0.3 is 14.5 Å². The minimum atomic E-state index is -4.09. The van der Waals surface area contributed by atoms with E-state index in [4.69, 9.17) is 4.52 Å². The van der Waals surface area contributed by atoms with Crippen molar-refractivity contribution in [2.24, 2.45) is 5.41 Å². The smallest absolute Gasteiger partial charge is 0.333 e. The molecule has 0 aromatic heterocycles. The Kier molecular flexibility index (Phi) is 5.07. The van der Waals surface area contributed by atoms with E-state index >= 15 is 0 Å².